The minimum atomic E-state index is -0.840. The Kier molecular flexibility index (Phi) is 9.55. The van der Waals surface area contributed by atoms with Crippen molar-refractivity contribution in [1.29, 1.82) is 0 Å². The number of hydrogen-bond donors (Lipinski definition) is 2. The van der Waals surface area contributed by atoms with Crippen molar-refractivity contribution in [2.24, 2.45) is 16.5 Å². The number of nitrogens with two attached hydrogens (primary N) is 2. The molecule has 1 aliphatic heterocycles. The molecule has 0 aliphatic carbocycles. The molecule has 0 radical (unpaired) electrons. The molecule has 3 aromatic carbocycles. The van der Waals surface area contributed by atoms with Crippen LogP contribution in [0.3, 0.4) is 0 Å². The van der Waals surface area contributed by atoms with E-state index in [4.69, 9.17) is 20.9 Å². The lowest BCUT2D eigenvalue weighted by Crippen LogP contribution is -2.46. The molecule has 0 atom stereocenters. The summed E-state index contributed by atoms with van der Waals surface area (Å²) < 4.78 is 10.5. The molecule has 2 heterocycles. The highest BCUT2D eigenvalue weighted by molar-refractivity contribution is 5.89. The normalized spacial score (nSPS) is 13.3. The molecule has 43 heavy (non-hydrogen) atoms. The standard InChI is InChI=1S/C32H33N7O4/c33-30(34)37-32(41)43-22-25-7-4-8-27(17-25)28-18-35-31(36-19-28)39-15-13-38(14-16-39)20-23-9-11-26(12-10-23)29(40)42-21-24-5-2-1-3-6-24/h1-12,17-19H,13-16,20-22H2,(H4,33,34,37,41). The van der Waals surface area contributed by atoms with Gasteiger partial charge < -0.3 is 25.8 Å². The van der Waals surface area contributed by atoms with E-state index in [1.165, 1.54) is 0 Å². The van der Waals surface area contributed by atoms with Crippen molar-refractivity contribution < 1.29 is 19.1 Å². The van der Waals surface area contributed by atoms with Gasteiger partial charge in [0, 0.05) is 50.7 Å². The molecule has 1 saturated heterocycles. The highest BCUT2D eigenvalue weighted by Gasteiger charge is 2.19. The Balaban J connectivity index is 1.09. The number of carbonyl (C=O) groups is 2. The highest BCUT2D eigenvalue weighted by atomic mass is 16.5. The minimum absolute atomic E-state index is 0.0398. The van der Waals surface area contributed by atoms with E-state index in [1.54, 1.807) is 12.4 Å². The Labute approximate surface area is 249 Å². The molecule has 1 aliphatic rings. The molecular formula is C32H33N7O4. The molecule has 0 spiro atoms. The van der Waals surface area contributed by atoms with Crippen molar-refractivity contribution in [3.63, 3.8) is 0 Å². The average molecular weight is 580 g/mol. The van der Waals surface area contributed by atoms with Crippen molar-refractivity contribution in [2.45, 2.75) is 19.8 Å². The van der Waals surface area contributed by atoms with Crippen LogP contribution in [0.5, 0.6) is 0 Å². The summed E-state index contributed by atoms with van der Waals surface area (Å²) in [7, 11) is 0. The smallest absolute Gasteiger partial charge is 0.437 e. The molecule has 220 valence electrons. The Hall–Kier alpha value is -5.29. The fraction of sp³-hybridized carbons (Fsp3) is 0.219. The van der Waals surface area contributed by atoms with Crippen LogP contribution in [-0.4, -0.2) is 59.1 Å². The number of aromatic nitrogens is 2. The molecule has 0 saturated carbocycles. The van der Waals surface area contributed by atoms with E-state index in [0.29, 0.717) is 11.5 Å². The zero-order chi connectivity index (χ0) is 30.0. The predicted octanol–water partition coefficient (Wildman–Crippen LogP) is 3.73. The number of aliphatic imine (C=N–C) groups is 1. The molecular weight excluding hydrogens is 546 g/mol. The zero-order valence-electron chi connectivity index (χ0n) is 23.6. The molecule has 4 N–H and O–H groups in total. The second-order valence-electron chi connectivity index (χ2n) is 10.1. The van der Waals surface area contributed by atoms with Gasteiger partial charge in [0.2, 0.25) is 5.95 Å². The first kappa shape index (κ1) is 29.2. The van der Waals surface area contributed by atoms with Gasteiger partial charge in [0.25, 0.3) is 0 Å². The molecule has 4 aromatic rings. The van der Waals surface area contributed by atoms with Crippen LogP contribution < -0.4 is 16.4 Å². The molecule has 0 bridgehead atoms. The van der Waals surface area contributed by atoms with Gasteiger partial charge >= 0.3 is 12.1 Å². The summed E-state index contributed by atoms with van der Waals surface area (Å²) in [5.41, 5.74) is 15.6. The number of amides is 1. The molecule has 11 heteroatoms. The molecule has 1 aromatic heterocycles. The monoisotopic (exact) mass is 579 g/mol. The van der Waals surface area contributed by atoms with Gasteiger partial charge in [-0.25, -0.2) is 19.6 Å². The quantitative estimate of drug-likeness (QED) is 0.171. The van der Waals surface area contributed by atoms with Gasteiger partial charge in [0.15, 0.2) is 5.96 Å². The third-order valence-corrected chi connectivity index (χ3v) is 6.94. The second-order valence-corrected chi connectivity index (χ2v) is 10.1. The highest BCUT2D eigenvalue weighted by Crippen LogP contribution is 2.22. The maximum atomic E-state index is 12.4. The van der Waals surface area contributed by atoms with Crippen LogP contribution in [0.1, 0.15) is 27.0 Å². The number of esters is 1. The first-order valence-corrected chi connectivity index (χ1v) is 13.9. The number of rotatable bonds is 9. The van der Waals surface area contributed by atoms with E-state index in [0.717, 1.165) is 60.5 Å². The third-order valence-electron chi connectivity index (χ3n) is 6.94. The average Bonchev–Trinajstić information content (AvgIpc) is 3.04. The summed E-state index contributed by atoms with van der Waals surface area (Å²) in [5, 5.41) is 0. The van der Waals surface area contributed by atoms with Crippen molar-refractivity contribution >= 4 is 24.0 Å². The van der Waals surface area contributed by atoms with Gasteiger partial charge in [0.1, 0.15) is 13.2 Å². The molecule has 1 fully saturated rings. The molecule has 0 unspecified atom stereocenters. The summed E-state index contributed by atoms with van der Waals surface area (Å²) in [6.07, 6.45) is 2.75. The second kappa shape index (κ2) is 14.1. The van der Waals surface area contributed by atoms with E-state index in [2.05, 4.69) is 24.8 Å². The maximum absolute atomic E-state index is 12.4. The Morgan fingerprint density at radius 1 is 0.744 bits per heavy atom. The first-order valence-electron chi connectivity index (χ1n) is 13.9. The van der Waals surface area contributed by atoms with E-state index < -0.39 is 6.09 Å². The van der Waals surface area contributed by atoms with Crippen LogP contribution in [0.25, 0.3) is 11.1 Å². The summed E-state index contributed by atoms with van der Waals surface area (Å²) >= 11 is 0. The van der Waals surface area contributed by atoms with Crippen molar-refractivity contribution in [2.75, 3.05) is 31.1 Å². The van der Waals surface area contributed by atoms with Gasteiger partial charge in [-0.2, -0.15) is 0 Å². The number of ether oxygens (including phenoxy) is 2. The Bertz CT molecular complexity index is 1550. The van der Waals surface area contributed by atoms with Crippen molar-refractivity contribution in [1.82, 2.24) is 14.9 Å². The number of anilines is 1. The lowest BCUT2D eigenvalue weighted by molar-refractivity contribution is 0.0472. The van der Waals surface area contributed by atoms with Gasteiger partial charge in [0.05, 0.1) is 5.56 Å². The minimum Gasteiger partial charge on any atom is -0.457 e. The fourth-order valence-electron chi connectivity index (χ4n) is 4.67. The summed E-state index contributed by atoms with van der Waals surface area (Å²) in [5.74, 6) is 0.0134. The maximum Gasteiger partial charge on any atom is 0.437 e. The summed E-state index contributed by atoms with van der Waals surface area (Å²) in [6, 6.07) is 24.8. The largest absolute Gasteiger partial charge is 0.457 e. The topological polar surface area (TPSA) is 149 Å². The van der Waals surface area contributed by atoms with Crippen molar-refractivity contribution in [3.05, 3.63) is 114 Å². The SMILES string of the molecule is NC(N)=NC(=O)OCc1cccc(-c2cnc(N3CCN(Cc4ccc(C(=O)OCc5ccccc5)cc4)CC3)nc2)c1. The van der Waals surface area contributed by atoms with Crippen LogP contribution in [0.4, 0.5) is 10.7 Å². The van der Waals surface area contributed by atoms with Crippen LogP contribution in [0, 0.1) is 0 Å². The van der Waals surface area contributed by atoms with E-state index in [-0.39, 0.29) is 25.1 Å². The Morgan fingerprint density at radius 2 is 1.42 bits per heavy atom. The number of hydrogen-bond acceptors (Lipinski definition) is 8. The summed E-state index contributed by atoms with van der Waals surface area (Å²) in [4.78, 5) is 41.1. The zero-order valence-corrected chi connectivity index (χ0v) is 23.6. The van der Waals surface area contributed by atoms with Crippen LogP contribution in [0.15, 0.2) is 96.2 Å². The van der Waals surface area contributed by atoms with Crippen LogP contribution in [-0.2, 0) is 29.2 Å². The number of carbonyl (C=O) groups excluding carboxylic acids is 2. The lowest BCUT2D eigenvalue weighted by Gasteiger charge is -2.34. The van der Waals surface area contributed by atoms with Gasteiger partial charge in [-0.05, 0) is 40.5 Å². The van der Waals surface area contributed by atoms with Crippen LogP contribution >= 0.6 is 0 Å². The number of guanidine groups is 1. The number of benzene rings is 3. The molecule has 5 rings (SSSR count). The Morgan fingerprint density at radius 3 is 2.12 bits per heavy atom. The lowest BCUT2D eigenvalue weighted by atomic mass is 10.1. The van der Waals surface area contributed by atoms with E-state index in [9.17, 15) is 9.59 Å². The van der Waals surface area contributed by atoms with Gasteiger partial charge in [-0.3, -0.25) is 4.90 Å². The fourth-order valence-corrected chi connectivity index (χ4v) is 4.67. The van der Waals surface area contributed by atoms with Crippen molar-refractivity contribution in [3.8, 4) is 11.1 Å². The third kappa shape index (κ3) is 8.37. The summed E-state index contributed by atoms with van der Waals surface area (Å²) in [6.45, 7) is 4.44. The number of nitrogens with zero attached hydrogens (tertiary/aromatic N) is 5. The van der Waals surface area contributed by atoms with Gasteiger partial charge in [-0.15, -0.1) is 4.99 Å². The van der Waals surface area contributed by atoms with Gasteiger partial charge in [-0.1, -0.05) is 60.7 Å². The van der Waals surface area contributed by atoms with E-state index >= 15 is 0 Å². The first-order chi connectivity index (χ1) is 20.9. The predicted molar refractivity (Wildman–Crippen MR) is 163 cm³/mol. The molecule has 1 amide bonds. The number of piperazine rings is 1. The van der Waals surface area contributed by atoms with Crippen LogP contribution in [0.2, 0.25) is 0 Å². The van der Waals surface area contributed by atoms with E-state index in [1.807, 2.05) is 78.9 Å². The molecule has 11 nitrogen and oxygen atoms in total.